The fourth-order valence-corrected chi connectivity index (χ4v) is 5.19. The van der Waals surface area contributed by atoms with Gasteiger partial charge in [-0.2, -0.15) is 11.8 Å². The van der Waals surface area contributed by atoms with Crippen molar-refractivity contribution < 1.29 is 4.79 Å². The summed E-state index contributed by atoms with van der Waals surface area (Å²) < 4.78 is 0. The van der Waals surface area contributed by atoms with Gasteiger partial charge in [0.25, 0.3) is 0 Å². The van der Waals surface area contributed by atoms with Crippen molar-refractivity contribution in [3.8, 4) is 0 Å². The Morgan fingerprint density at radius 2 is 2.13 bits per heavy atom. The van der Waals surface area contributed by atoms with Crippen LogP contribution in [0.2, 0.25) is 0 Å². The van der Waals surface area contributed by atoms with Crippen LogP contribution in [0.15, 0.2) is 24.3 Å². The lowest BCUT2D eigenvalue weighted by Crippen LogP contribution is -2.37. The number of hydrogen-bond acceptors (Lipinski definition) is 4. The summed E-state index contributed by atoms with van der Waals surface area (Å²) in [5.41, 5.74) is 2.23. The fourth-order valence-electron chi connectivity index (χ4n) is 2.98. The lowest BCUT2D eigenvalue weighted by molar-refractivity contribution is -0.117. The first-order valence-electron chi connectivity index (χ1n) is 8.14. The minimum Gasteiger partial charge on any atom is -0.325 e. The Morgan fingerprint density at radius 3 is 2.87 bits per heavy atom. The largest absolute Gasteiger partial charge is 0.325 e. The van der Waals surface area contributed by atoms with Gasteiger partial charge in [-0.25, -0.2) is 0 Å². The Kier molecular flexibility index (Phi) is 8.10. The Hall–Kier alpha value is -0.360. The number of thioether (sulfide) groups is 2. The highest BCUT2D eigenvalue weighted by atomic mass is 35.5. The van der Waals surface area contributed by atoms with Crippen molar-refractivity contribution in [2.75, 3.05) is 16.9 Å². The zero-order chi connectivity index (χ0) is 15.2. The number of amides is 1. The van der Waals surface area contributed by atoms with Crippen LogP contribution in [-0.4, -0.2) is 28.8 Å². The summed E-state index contributed by atoms with van der Waals surface area (Å²) in [4.78, 5) is 12.1. The average Bonchev–Trinajstić information content (AvgIpc) is 3.09. The van der Waals surface area contributed by atoms with Gasteiger partial charge in [-0.15, -0.1) is 24.2 Å². The van der Waals surface area contributed by atoms with Crippen LogP contribution in [0.25, 0.3) is 0 Å². The van der Waals surface area contributed by atoms with E-state index < -0.39 is 0 Å². The first-order chi connectivity index (χ1) is 10.8. The van der Waals surface area contributed by atoms with E-state index in [1.54, 1.807) is 11.8 Å². The van der Waals surface area contributed by atoms with E-state index in [-0.39, 0.29) is 24.4 Å². The van der Waals surface area contributed by atoms with E-state index in [1.807, 2.05) is 12.1 Å². The van der Waals surface area contributed by atoms with Gasteiger partial charge in [0.1, 0.15) is 0 Å². The number of nitrogens with one attached hydrogen (secondary N) is 2. The fraction of sp³-hybridized carbons (Fsp3) is 0.588. The second-order valence-corrected chi connectivity index (χ2v) is 8.35. The van der Waals surface area contributed by atoms with Gasteiger partial charge in [-0.05, 0) is 30.5 Å². The summed E-state index contributed by atoms with van der Waals surface area (Å²) in [5, 5.41) is 7.07. The minimum absolute atomic E-state index is 0. The van der Waals surface area contributed by atoms with Crippen molar-refractivity contribution >= 4 is 47.5 Å². The smallest absolute Gasteiger partial charge is 0.242 e. The number of benzene rings is 1. The van der Waals surface area contributed by atoms with Crippen LogP contribution in [0.1, 0.15) is 37.7 Å². The van der Waals surface area contributed by atoms with Crippen LogP contribution >= 0.6 is 35.9 Å². The van der Waals surface area contributed by atoms with Crippen LogP contribution in [-0.2, 0) is 10.5 Å². The summed E-state index contributed by atoms with van der Waals surface area (Å²) in [6, 6.07) is 8.26. The lowest BCUT2D eigenvalue weighted by Gasteiger charge is -2.21. The molecule has 3 nitrogen and oxygen atoms in total. The van der Waals surface area contributed by atoms with E-state index in [2.05, 4.69) is 34.5 Å². The molecule has 6 heteroatoms. The molecule has 0 radical (unpaired) electrons. The molecule has 2 fully saturated rings. The highest BCUT2D eigenvalue weighted by Gasteiger charge is 2.22. The van der Waals surface area contributed by atoms with E-state index in [4.69, 9.17) is 0 Å². The predicted octanol–water partition coefficient (Wildman–Crippen LogP) is 4.28. The summed E-state index contributed by atoms with van der Waals surface area (Å²) >= 11 is 3.85. The summed E-state index contributed by atoms with van der Waals surface area (Å²) in [7, 11) is 0. The second kappa shape index (κ2) is 9.82. The van der Waals surface area contributed by atoms with Gasteiger partial charge < -0.3 is 5.32 Å². The van der Waals surface area contributed by atoms with E-state index in [0.29, 0.717) is 0 Å². The van der Waals surface area contributed by atoms with Crippen molar-refractivity contribution in [3.63, 3.8) is 0 Å². The Labute approximate surface area is 153 Å². The van der Waals surface area contributed by atoms with E-state index in [0.717, 1.165) is 28.3 Å². The molecule has 1 aromatic rings. The first kappa shape index (κ1) is 19.0. The highest BCUT2D eigenvalue weighted by molar-refractivity contribution is 7.99. The van der Waals surface area contributed by atoms with E-state index in [9.17, 15) is 4.79 Å². The number of carbonyl (C=O) groups is 1. The SMILES string of the molecule is Cl.O=C(Nc1cccc(CSC2CCCCC2)c1)C1CSCN1. The van der Waals surface area contributed by atoms with Crippen LogP contribution in [0, 0.1) is 0 Å². The molecule has 1 aliphatic heterocycles. The molecule has 1 saturated carbocycles. The molecule has 3 rings (SSSR count). The van der Waals surface area contributed by atoms with Gasteiger partial charge in [-0.3, -0.25) is 10.1 Å². The summed E-state index contributed by atoms with van der Waals surface area (Å²) in [6.07, 6.45) is 6.92. The highest BCUT2D eigenvalue weighted by Crippen LogP contribution is 2.30. The number of hydrogen-bond donors (Lipinski definition) is 2. The molecular weight excluding hydrogens is 348 g/mol. The third kappa shape index (κ3) is 5.89. The van der Waals surface area contributed by atoms with Crippen LogP contribution in [0.3, 0.4) is 0 Å². The van der Waals surface area contributed by atoms with Gasteiger partial charge in [0.05, 0.1) is 6.04 Å². The molecule has 0 bridgehead atoms. The molecule has 1 amide bonds. The minimum atomic E-state index is -0.0507. The zero-order valence-corrected chi connectivity index (χ0v) is 15.7. The number of anilines is 1. The molecule has 1 unspecified atom stereocenters. The van der Waals surface area contributed by atoms with Crippen molar-refractivity contribution in [1.29, 1.82) is 0 Å². The average molecular weight is 373 g/mol. The van der Waals surface area contributed by atoms with Crippen LogP contribution < -0.4 is 10.6 Å². The molecule has 0 aromatic heterocycles. The molecule has 23 heavy (non-hydrogen) atoms. The molecule has 128 valence electrons. The Bertz CT molecular complexity index is 503. The standard InChI is InChI=1S/C17H24N2OS2.ClH/c20-17(16-11-21-12-18-16)19-14-6-4-5-13(9-14)10-22-15-7-2-1-3-8-15;/h4-6,9,15-16,18H,1-3,7-8,10-12H2,(H,19,20);1H. The number of carbonyl (C=O) groups excluding carboxylic acids is 1. The normalized spacial score (nSPS) is 21.7. The molecule has 2 N–H and O–H groups in total. The van der Waals surface area contributed by atoms with Gasteiger partial charge in [0, 0.05) is 28.3 Å². The number of rotatable bonds is 5. The molecule has 1 saturated heterocycles. The van der Waals surface area contributed by atoms with Crippen molar-refractivity contribution in [3.05, 3.63) is 29.8 Å². The molecule has 2 aliphatic rings. The molecular formula is C17H25ClN2OS2. The van der Waals surface area contributed by atoms with Gasteiger partial charge in [0.15, 0.2) is 0 Å². The summed E-state index contributed by atoms with van der Waals surface area (Å²) in [5.74, 6) is 2.87. The number of halogens is 1. The third-order valence-electron chi connectivity index (χ3n) is 4.27. The van der Waals surface area contributed by atoms with Crippen LogP contribution in [0.5, 0.6) is 0 Å². The molecule has 0 spiro atoms. The molecule has 1 aromatic carbocycles. The van der Waals surface area contributed by atoms with Crippen molar-refractivity contribution in [2.24, 2.45) is 0 Å². The summed E-state index contributed by atoms with van der Waals surface area (Å²) in [6.45, 7) is 0. The Morgan fingerprint density at radius 1 is 1.30 bits per heavy atom. The van der Waals surface area contributed by atoms with Gasteiger partial charge in [-0.1, -0.05) is 31.4 Å². The van der Waals surface area contributed by atoms with E-state index in [1.165, 1.54) is 37.7 Å². The molecule has 1 heterocycles. The maximum atomic E-state index is 12.1. The Balaban J connectivity index is 0.00000192. The third-order valence-corrected chi connectivity index (χ3v) is 6.65. The van der Waals surface area contributed by atoms with E-state index >= 15 is 0 Å². The quantitative estimate of drug-likeness (QED) is 0.809. The predicted molar refractivity (Wildman–Crippen MR) is 105 cm³/mol. The van der Waals surface area contributed by atoms with Gasteiger partial charge in [0.2, 0.25) is 5.91 Å². The maximum Gasteiger partial charge on any atom is 0.242 e. The zero-order valence-electron chi connectivity index (χ0n) is 13.3. The monoisotopic (exact) mass is 372 g/mol. The van der Waals surface area contributed by atoms with Gasteiger partial charge >= 0.3 is 0 Å². The molecule has 1 aliphatic carbocycles. The maximum absolute atomic E-state index is 12.1. The lowest BCUT2D eigenvalue weighted by atomic mass is 10.0. The second-order valence-electron chi connectivity index (χ2n) is 6.03. The van der Waals surface area contributed by atoms with Crippen molar-refractivity contribution in [2.45, 2.75) is 49.1 Å². The molecule has 1 atom stereocenters. The van der Waals surface area contributed by atoms with Crippen molar-refractivity contribution in [1.82, 2.24) is 5.32 Å². The topological polar surface area (TPSA) is 41.1 Å². The van der Waals surface area contributed by atoms with Crippen LogP contribution in [0.4, 0.5) is 5.69 Å². The first-order valence-corrected chi connectivity index (χ1v) is 10.3.